The highest BCUT2D eigenvalue weighted by Gasteiger charge is 2.23. The van der Waals surface area contributed by atoms with E-state index in [2.05, 4.69) is 10.1 Å². The van der Waals surface area contributed by atoms with E-state index in [1.54, 1.807) is 19.1 Å². The summed E-state index contributed by atoms with van der Waals surface area (Å²) < 4.78 is 9.83. The fourth-order valence-corrected chi connectivity index (χ4v) is 3.29. The van der Waals surface area contributed by atoms with Crippen molar-refractivity contribution in [2.45, 2.75) is 6.92 Å². The summed E-state index contributed by atoms with van der Waals surface area (Å²) in [5.41, 5.74) is 0.900. The molecule has 6 nitrogen and oxygen atoms in total. The standard InChI is InChI=1S/C16H13ClN2O4S/c1-8-11(7-18)15(24-13(8)16(21)23-3)19-14(20)10-6-9(17)4-5-12(10)22-2/h4-6H,1-3H3,(H,19,20). The molecule has 0 aliphatic carbocycles. The molecular weight excluding hydrogens is 352 g/mol. The third-order valence-corrected chi connectivity index (χ3v) is 4.68. The Morgan fingerprint density at radius 1 is 1.33 bits per heavy atom. The molecule has 0 saturated heterocycles. The molecule has 0 unspecified atom stereocenters. The molecule has 0 spiro atoms. The molecule has 1 amide bonds. The third-order valence-electron chi connectivity index (χ3n) is 3.26. The van der Waals surface area contributed by atoms with Crippen molar-refractivity contribution in [1.29, 1.82) is 5.26 Å². The third kappa shape index (κ3) is 3.35. The Kier molecular flexibility index (Phi) is 5.44. The zero-order valence-electron chi connectivity index (χ0n) is 13.1. The average molecular weight is 365 g/mol. The predicted molar refractivity (Wildman–Crippen MR) is 91.1 cm³/mol. The van der Waals surface area contributed by atoms with E-state index in [9.17, 15) is 14.9 Å². The van der Waals surface area contributed by atoms with Gasteiger partial charge in [-0.25, -0.2) is 4.79 Å². The molecule has 1 heterocycles. The summed E-state index contributed by atoms with van der Waals surface area (Å²) in [7, 11) is 2.69. The maximum Gasteiger partial charge on any atom is 0.348 e. The first-order valence-corrected chi connectivity index (χ1v) is 7.89. The molecule has 124 valence electrons. The summed E-state index contributed by atoms with van der Waals surface area (Å²) in [6.07, 6.45) is 0. The number of amides is 1. The van der Waals surface area contributed by atoms with Crippen molar-refractivity contribution in [3.05, 3.63) is 44.8 Å². The molecule has 0 fully saturated rings. The van der Waals surface area contributed by atoms with Crippen molar-refractivity contribution in [3.8, 4) is 11.8 Å². The number of anilines is 1. The topological polar surface area (TPSA) is 88.4 Å². The molecule has 2 rings (SSSR count). The summed E-state index contributed by atoms with van der Waals surface area (Å²) in [6, 6.07) is 6.62. The number of methoxy groups -OCH3 is 2. The summed E-state index contributed by atoms with van der Waals surface area (Å²) in [6.45, 7) is 1.62. The number of halogens is 1. The van der Waals surface area contributed by atoms with Crippen LogP contribution in [0.3, 0.4) is 0 Å². The van der Waals surface area contributed by atoms with Crippen LogP contribution in [0.1, 0.15) is 31.2 Å². The van der Waals surface area contributed by atoms with Crippen LogP contribution in [0.5, 0.6) is 5.75 Å². The van der Waals surface area contributed by atoms with Gasteiger partial charge >= 0.3 is 5.97 Å². The number of ether oxygens (including phenoxy) is 2. The minimum atomic E-state index is -0.560. The van der Waals surface area contributed by atoms with Gasteiger partial charge in [-0.2, -0.15) is 5.26 Å². The van der Waals surface area contributed by atoms with Crippen LogP contribution >= 0.6 is 22.9 Å². The van der Waals surface area contributed by atoms with Crippen LogP contribution in [0.15, 0.2) is 18.2 Å². The zero-order valence-corrected chi connectivity index (χ0v) is 14.7. The Hall–Kier alpha value is -2.56. The van der Waals surface area contributed by atoms with E-state index >= 15 is 0 Å². The number of hydrogen-bond donors (Lipinski definition) is 1. The quantitative estimate of drug-likeness (QED) is 0.837. The number of carbonyl (C=O) groups is 2. The second kappa shape index (κ2) is 7.34. The van der Waals surface area contributed by atoms with Gasteiger partial charge in [0.1, 0.15) is 21.7 Å². The minimum Gasteiger partial charge on any atom is -0.496 e. The lowest BCUT2D eigenvalue weighted by molar-refractivity contribution is 0.0605. The van der Waals surface area contributed by atoms with E-state index in [1.807, 2.05) is 6.07 Å². The molecule has 2 aromatic rings. The van der Waals surface area contributed by atoms with Crippen molar-refractivity contribution in [2.24, 2.45) is 0 Å². The lowest BCUT2D eigenvalue weighted by atomic mass is 10.1. The molecular formula is C16H13ClN2O4S. The van der Waals surface area contributed by atoms with Gasteiger partial charge in [0.2, 0.25) is 0 Å². The number of nitrogens with zero attached hydrogens (tertiary/aromatic N) is 1. The second-order valence-corrected chi connectivity index (χ2v) is 6.12. The molecule has 24 heavy (non-hydrogen) atoms. The molecule has 1 aromatic carbocycles. The highest BCUT2D eigenvalue weighted by atomic mass is 35.5. The van der Waals surface area contributed by atoms with Gasteiger partial charge in [0.25, 0.3) is 5.91 Å². The lowest BCUT2D eigenvalue weighted by Crippen LogP contribution is -2.13. The van der Waals surface area contributed by atoms with Crippen LogP contribution in [0, 0.1) is 18.3 Å². The van der Waals surface area contributed by atoms with Crippen LogP contribution < -0.4 is 10.1 Å². The van der Waals surface area contributed by atoms with Gasteiger partial charge in [-0.05, 0) is 30.7 Å². The number of rotatable bonds is 4. The normalized spacial score (nSPS) is 9.96. The Morgan fingerprint density at radius 3 is 2.62 bits per heavy atom. The van der Waals surface area contributed by atoms with Crippen LogP contribution in [-0.4, -0.2) is 26.1 Å². The fourth-order valence-electron chi connectivity index (χ4n) is 2.05. The Morgan fingerprint density at radius 2 is 2.04 bits per heavy atom. The van der Waals surface area contributed by atoms with E-state index in [4.69, 9.17) is 16.3 Å². The smallest absolute Gasteiger partial charge is 0.348 e. The van der Waals surface area contributed by atoms with Gasteiger partial charge in [-0.3, -0.25) is 4.79 Å². The summed E-state index contributed by atoms with van der Waals surface area (Å²) in [5, 5.41) is 12.6. The highest BCUT2D eigenvalue weighted by molar-refractivity contribution is 7.18. The van der Waals surface area contributed by atoms with Crippen LogP contribution in [0.4, 0.5) is 5.00 Å². The van der Waals surface area contributed by atoms with Crippen LogP contribution in [-0.2, 0) is 4.74 Å². The summed E-state index contributed by atoms with van der Waals surface area (Å²) >= 11 is 6.90. The van der Waals surface area contributed by atoms with Crippen LogP contribution in [0.2, 0.25) is 5.02 Å². The number of esters is 1. The Bertz CT molecular complexity index is 854. The van der Waals surface area contributed by atoms with Gasteiger partial charge in [0, 0.05) is 5.02 Å². The number of carbonyl (C=O) groups excluding carboxylic acids is 2. The molecule has 8 heteroatoms. The van der Waals surface area contributed by atoms with Gasteiger partial charge in [-0.1, -0.05) is 11.6 Å². The number of thiophene rings is 1. The first-order valence-electron chi connectivity index (χ1n) is 6.69. The minimum absolute atomic E-state index is 0.217. The molecule has 0 saturated carbocycles. The molecule has 0 aliphatic heterocycles. The van der Waals surface area contributed by atoms with Crippen molar-refractivity contribution in [3.63, 3.8) is 0 Å². The van der Waals surface area contributed by atoms with Crippen LogP contribution in [0.25, 0.3) is 0 Å². The first kappa shape index (κ1) is 17.8. The van der Waals surface area contributed by atoms with E-state index in [-0.39, 0.29) is 21.0 Å². The lowest BCUT2D eigenvalue weighted by Gasteiger charge is -2.09. The molecule has 0 atom stereocenters. The zero-order chi connectivity index (χ0) is 17.9. The van der Waals surface area contributed by atoms with Crippen molar-refractivity contribution >= 4 is 39.8 Å². The summed E-state index contributed by atoms with van der Waals surface area (Å²) in [4.78, 5) is 24.5. The van der Waals surface area contributed by atoms with E-state index in [0.29, 0.717) is 16.3 Å². The average Bonchev–Trinajstić information content (AvgIpc) is 2.89. The van der Waals surface area contributed by atoms with E-state index < -0.39 is 11.9 Å². The van der Waals surface area contributed by atoms with Gasteiger partial charge < -0.3 is 14.8 Å². The van der Waals surface area contributed by atoms with Crippen molar-refractivity contribution in [1.82, 2.24) is 0 Å². The predicted octanol–water partition coefficient (Wildman–Crippen LogP) is 3.63. The molecule has 1 aromatic heterocycles. The van der Waals surface area contributed by atoms with Crippen molar-refractivity contribution < 1.29 is 19.1 Å². The molecule has 0 aliphatic rings. The molecule has 0 radical (unpaired) electrons. The maximum atomic E-state index is 12.5. The Labute approximate surface area is 147 Å². The van der Waals surface area contributed by atoms with E-state index in [1.165, 1.54) is 20.3 Å². The first-order chi connectivity index (χ1) is 11.4. The van der Waals surface area contributed by atoms with Crippen molar-refractivity contribution in [2.75, 3.05) is 19.5 Å². The molecule has 0 bridgehead atoms. The monoisotopic (exact) mass is 364 g/mol. The fraction of sp³-hybridized carbons (Fsp3) is 0.188. The molecule has 1 N–H and O–H groups in total. The van der Waals surface area contributed by atoms with Gasteiger partial charge in [-0.15, -0.1) is 11.3 Å². The van der Waals surface area contributed by atoms with E-state index in [0.717, 1.165) is 11.3 Å². The second-order valence-electron chi connectivity index (χ2n) is 4.66. The highest BCUT2D eigenvalue weighted by Crippen LogP contribution is 2.34. The largest absolute Gasteiger partial charge is 0.496 e. The number of nitriles is 1. The van der Waals surface area contributed by atoms with Gasteiger partial charge in [0.05, 0.1) is 25.3 Å². The maximum absolute atomic E-state index is 12.5. The Balaban J connectivity index is 2.42. The van der Waals surface area contributed by atoms with Gasteiger partial charge in [0.15, 0.2) is 0 Å². The number of nitrogens with one attached hydrogen (secondary N) is 1. The SMILES string of the molecule is COC(=O)c1sc(NC(=O)c2cc(Cl)ccc2OC)c(C#N)c1C. The summed E-state index contributed by atoms with van der Waals surface area (Å²) in [5.74, 6) is -0.713. The number of hydrogen-bond acceptors (Lipinski definition) is 6. The number of benzene rings is 1.